The number of halogens is 2. The van der Waals surface area contributed by atoms with Crippen LogP contribution in [0.25, 0.3) is 0 Å². The summed E-state index contributed by atoms with van der Waals surface area (Å²) in [4.78, 5) is 12.5. The number of hydrogen-bond acceptors (Lipinski definition) is 2. The van der Waals surface area contributed by atoms with Crippen molar-refractivity contribution >= 4 is 5.91 Å². The van der Waals surface area contributed by atoms with Crippen molar-refractivity contribution in [3.63, 3.8) is 0 Å². The van der Waals surface area contributed by atoms with Gasteiger partial charge in [0.25, 0.3) is 6.43 Å². The molecule has 0 aromatic rings. The minimum absolute atomic E-state index is 0.113. The third-order valence-electron chi connectivity index (χ3n) is 5.60. The molecule has 4 rings (SSSR count). The van der Waals surface area contributed by atoms with Gasteiger partial charge in [-0.05, 0) is 55.8 Å². The van der Waals surface area contributed by atoms with Gasteiger partial charge in [-0.15, -0.1) is 0 Å². The molecule has 5 heteroatoms. The SMILES string of the molecule is CC12CC3CC(C1)CC(C(=O)NCC(O)C(F)F)(C3)C2. The van der Waals surface area contributed by atoms with Crippen molar-refractivity contribution in [2.24, 2.45) is 22.7 Å². The van der Waals surface area contributed by atoms with Crippen LogP contribution in [0, 0.1) is 22.7 Å². The zero-order valence-electron chi connectivity index (χ0n) is 11.9. The Morgan fingerprint density at radius 2 is 1.90 bits per heavy atom. The quantitative estimate of drug-likeness (QED) is 0.834. The van der Waals surface area contributed by atoms with E-state index < -0.39 is 12.5 Å². The Kier molecular flexibility index (Phi) is 3.31. The van der Waals surface area contributed by atoms with Gasteiger partial charge in [-0.2, -0.15) is 0 Å². The van der Waals surface area contributed by atoms with Crippen molar-refractivity contribution in [1.82, 2.24) is 5.32 Å². The van der Waals surface area contributed by atoms with E-state index in [-0.39, 0.29) is 23.3 Å². The van der Waals surface area contributed by atoms with Crippen LogP contribution in [0.4, 0.5) is 8.78 Å². The maximum absolute atomic E-state index is 12.5. The number of alkyl halides is 2. The number of rotatable bonds is 4. The van der Waals surface area contributed by atoms with Crippen molar-refractivity contribution in [3.8, 4) is 0 Å². The number of aliphatic hydroxyl groups is 1. The predicted octanol–water partition coefficient (Wildman–Crippen LogP) is 2.34. The Morgan fingerprint density at radius 3 is 2.40 bits per heavy atom. The van der Waals surface area contributed by atoms with E-state index in [1.54, 1.807) is 0 Å². The average molecular weight is 287 g/mol. The highest BCUT2D eigenvalue weighted by atomic mass is 19.3. The lowest BCUT2D eigenvalue weighted by Gasteiger charge is -2.60. The maximum Gasteiger partial charge on any atom is 0.265 e. The van der Waals surface area contributed by atoms with E-state index in [2.05, 4.69) is 12.2 Å². The van der Waals surface area contributed by atoms with Crippen LogP contribution in [-0.4, -0.2) is 30.1 Å². The first-order valence-electron chi connectivity index (χ1n) is 7.56. The zero-order valence-corrected chi connectivity index (χ0v) is 11.9. The first-order chi connectivity index (χ1) is 9.32. The van der Waals surface area contributed by atoms with Gasteiger partial charge < -0.3 is 10.4 Å². The van der Waals surface area contributed by atoms with Crippen molar-refractivity contribution < 1.29 is 18.7 Å². The normalized spacial score (nSPS) is 43.9. The first-order valence-corrected chi connectivity index (χ1v) is 7.56. The molecule has 0 aromatic heterocycles. The molecule has 0 heterocycles. The Balaban J connectivity index is 1.68. The van der Waals surface area contributed by atoms with E-state index in [9.17, 15) is 13.6 Å². The molecule has 0 spiro atoms. The van der Waals surface area contributed by atoms with Crippen molar-refractivity contribution in [2.75, 3.05) is 6.54 Å². The monoisotopic (exact) mass is 287 g/mol. The Morgan fingerprint density at radius 1 is 1.30 bits per heavy atom. The second kappa shape index (κ2) is 4.65. The van der Waals surface area contributed by atoms with Gasteiger partial charge in [-0.3, -0.25) is 4.79 Å². The molecule has 20 heavy (non-hydrogen) atoms. The van der Waals surface area contributed by atoms with Gasteiger partial charge in [0.15, 0.2) is 0 Å². The zero-order chi connectivity index (χ0) is 14.5. The molecule has 4 bridgehead atoms. The summed E-state index contributed by atoms with van der Waals surface area (Å²) < 4.78 is 24.6. The van der Waals surface area contributed by atoms with E-state index in [0.717, 1.165) is 19.3 Å². The molecule has 3 unspecified atom stereocenters. The van der Waals surface area contributed by atoms with E-state index in [1.807, 2.05) is 0 Å². The summed E-state index contributed by atoms with van der Waals surface area (Å²) in [5.74, 6) is 1.12. The maximum atomic E-state index is 12.5. The fourth-order valence-corrected chi connectivity index (χ4v) is 5.46. The number of aliphatic hydroxyl groups excluding tert-OH is 1. The molecule has 0 radical (unpaired) electrons. The molecule has 4 aliphatic carbocycles. The Labute approximate surface area is 118 Å². The standard InChI is InChI=1S/C15H23F2NO2/c1-14-3-9-2-10(4-14)6-15(5-9,8-14)13(20)18-7-11(19)12(16)17/h9-12,19H,2-8H2,1H3,(H,18,20). The third-order valence-corrected chi connectivity index (χ3v) is 5.60. The second-order valence-electron chi connectivity index (χ2n) is 7.66. The first kappa shape index (κ1) is 14.2. The van der Waals surface area contributed by atoms with Gasteiger partial charge in [-0.1, -0.05) is 6.92 Å². The van der Waals surface area contributed by atoms with Crippen LogP contribution in [0.2, 0.25) is 0 Å². The number of nitrogens with one attached hydrogen (secondary N) is 1. The van der Waals surface area contributed by atoms with E-state index in [1.165, 1.54) is 19.3 Å². The predicted molar refractivity (Wildman–Crippen MR) is 70.2 cm³/mol. The van der Waals surface area contributed by atoms with Crippen LogP contribution < -0.4 is 5.32 Å². The van der Waals surface area contributed by atoms with Gasteiger partial charge in [0.2, 0.25) is 5.91 Å². The lowest BCUT2D eigenvalue weighted by Crippen LogP contribution is -2.57. The highest BCUT2D eigenvalue weighted by Crippen LogP contribution is 2.65. The molecule has 0 aromatic carbocycles. The van der Waals surface area contributed by atoms with E-state index in [4.69, 9.17) is 5.11 Å². The van der Waals surface area contributed by atoms with Gasteiger partial charge in [0.1, 0.15) is 6.10 Å². The molecule has 4 fully saturated rings. The minimum atomic E-state index is -2.80. The molecule has 4 saturated carbocycles. The van der Waals surface area contributed by atoms with Crippen LogP contribution in [-0.2, 0) is 4.79 Å². The Bertz CT molecular complexity index is 399. The summed E-state index contributed by atoms with van der Waals surface area (Å²) in [6, 6.07) is 0. The lowest BCUT2D eigenvalue weighted by atomic mass is 9.44. The second-order valence-corrected chi connectivity index (χ2v) is 7.66. The molecule has 3 nitrogen and oxygen atoms in total. The Hall–Kier alpha value is -0.710. The fraction of sp³-hybridized carbons (Fsp3) is 0.933. The van der Waals surface area contributed by atoms with Crippen molar-refractivity contribution in [2.45, 2.75) is 58.0 Å². The highest BCUT2D eigenvalue weighted by Gasteiger charge is 2.58. The minimum Gasteiger partial charge on any atom is -0.385 e. The highest BCUT2D eigenvalue weighted by molar-refractivity contribution is 5.83. The van der Waals surface area contributed by atoms with Crippen molar-refractivity contribution in [1.29, 1.82) is 0 Å². The van der Waals surface area contributed by atoms with Crippen LogP contribution in [0.1, 0.15) is 45.4 Å². The van der Waals surface area contributed by atoms with Crippen LogP contribution in [0.3, 0.4) is 0 Å². The average Bonchev–Trinajstić information content (AvgIpc) is 2.32. The summed E-state index contributed by atoms with van der Waals surface area (Å²) in [7, 11) is 0. The van der Waals surface area contributed by atoms with Gasteiger partial charge in [-0.25, -0.2) is 8.78 Å². The summed E-state index contributed by atoms with van der Waals surface area (Å²) >= 11 is 0. The van der Waals surface area contributed by atoms with Crippen LogP contribution >= 0.6 is 0 Å². The van der Waals surface area contributed by atoms with Gasteiger partial charge >= 0.3 is 0 Å². The molecular formula is C15H23F2NO2. The van der Waals surface area contributed by atoms with Gasteiger partial charge in [0, 0.05) is 6.54 Å². The number of carbonyl (C=O) groups is 1. The van der Waals surface area contributed by atoms with E-state index in [0.29, 0.717) is 11.8 Å². The molecule has 3 atom stereocenters. The van der Waals surface area contributed by atoms with Crippen molar-refractivity contribution in [3.05, 3.63) is 0 Å². The molecule has 0 saturated heterocycles. The van der Waals surface area contributed by atoms with Crippen LogP contribution in [0.5, 0.6) is 0 Å². The third kappa shape index (κ3) is 2.34. The van der Waals surface area contributed by atoms with Gasteiger partial charge in [0.05, 0.1) is 5.41 Å². The smallest absolute Gasteiger partial charge is 0.265 e. The molecule has 1 amide bonds. The summed E-state index contributed by atoms with van der Waals surface area (Å²) in [6.45, 7) is 1.92. The largest absolute Gasteiger partial charge is 0.385 e. The lowest BCUT2D eigenvalue weighted by molar-refractivity contribution is -0.156. The summed E-state index contributed by atoms with van der Waals surface area (Å²) in [5, 5.41) is 11.7. The molecule has 0 aliphatic heterocycles. The molecule has 4 aliphatic rings. The number of hydrogen-bond donors (Lipinski definition) is 2. The number of carbonyl (C=O) groups excluding carboxylic acids is 1. The molecular weight excluding hydrogens is 264 g/mol. The van der Waals surface area contributed by atoms with E-state index >= 15 is 0 Å². The number of amides is 1. The van der Waals surface area contributed by atoms with Crippen LogP contribution in [0.15, 0.2) is 0 Å². The molecule has 114 valence electrons. The summed E-state index contributed by atoms with van der Waals surface area (Å²) in [5.41, 5.74) is -0.108. The topological polar surface area (TPSA) is 49.3 Å². The molecule has 2 N–H and O–H groups in total. The fourth-order valence-electron chi connectivity index (χ4n) is 5.46. The summed E-state index contributed by atoms with van der Waals surface area (Å²) in [6.07, 6.45) is 1.75.